The minimum absolute atomic E-state index is 0.332. The minimum Gasteiger partial charge on any atom is -0.360 e. The zero-order chi connectivity index (χ0) is 30.2. The van der Waals surface area contributed by atoms with Gasteiger partial charge in [-0.3, -0.25) is 4.79 Å². The average molecular weight is 673 g/mol. The second kappa shape index (κ2) is 11.0. The van der Waals surface area contributed by atoms with Crippen LogP contribution in [0.1, 0.15) is 79.0 Å². The van der Waals surface area contributed by atoms with Crippen molar-refractivity contribution in [2.45, 2.75) is 87.2 Å². The smallest absolute Gasteiger partial charge is 0.264 e. The molecule has 4 heterocycles. The summed E-state index contributed by atoms with van der Waals surface area (Å²) in [5.41, 5.74) is 3.65. The zero-order valence-corrected chi connectivity index (χ0v) is 26.9. The summed E-state index contributed by atoms with van der Waals surface area (Å²) in [4.78, 5) is 20.1. The number of anilines is 1. The van der Waals surface area contributed by atoms with Gasteiger partial charge in [-0.1, -0.05) is 45.8 Å². The molecule has 8 rings (SSSR count). The Morgan fingerprint density at radius 1 is 1.02 bits per heavy atom. The number of halogens is 2. The summed E-state index contributed by atoms with van der Waals surface area (Å²) >= 11 is 14.7. The van der Waals surface area contributed by atoms with Crippen LogP contribution >= 0.6 is 34.5 Å². The predicted octanol–water partition coefficient (Wildman–Crippen LogP) is 6.65. The van der Waals surface area contributed by atoms with Gasteiger partial charge in [0.15, 0.2) is 5.13 Å². The van der Waals surface area contributed by atoms with E-state index in [2.05, 4.69) is 20.1 Å². The van der Waals surface area contributed by atoms with Crippen LogP contribution < -0.4 is 14.9 Å². The van der Waals surface area contributed by atoms with E-state index < -0.39 is 21.2 Å². The maximum Gasteiger partial charge on any atom is 0.264 e. The highest BCUT2D eigenvalue weighted by molar-refractivity contribution is 7.91. The molecular formula is C31H31Cl2N5O4S2. The number of carbonyl (C=O) groups is 1. The number of hydrogen-bond acceptors (Lipinski definition) is 9. The maximum atomic E-state index is 12.7. The summed E-state index contributed by atoms with van der Waals surface area (Å²) in [7, 11) is -3.60. The minimum atomic E-state index is -3.60. The van der Waals surface area contributed by atoms with Gasteiger partial charge in [-0.25, -0.2) is 18.1 Å². The van der Waals surface area contributed by atoms with Crippen molar-refractivity contribution in [2.24, 2.45) is 0 Å². The van der Waals surface area contributed by atoms with Crippen LogP contribution in [0.15, 0.2) is 40.9 Å². The van der Waals surface area contributed by atoms with Crippen molar-refractivity contribution in [1.29, 1.82) is 0 Å². The summed E-state index contributed by atoms with van der Waals surface area (Å²) in [6, 6.07) is 11.8. The summed E-state index contributed by atoms with van der Waals surface area (Å²) in [5.74, 6) is 0.760. The van der Waals surface area contributed by atoms with Crippen molar-refractivity contribution in [3.05, 3.63) is 63.3 Å². The Hall–Kier alpha value is -2.70. The van der Waals surface area contributed by atoms with Crippen LogP contribution in [-0.4, -0.2) is 47.8 Å². The SMILES string of the molecule is O=C(NS(=O)(=O)C1CC1)c1ccc2nc(N3C4CCC3CC(NCc3c(-c5c(Cl)cccc5Cl)noc3C3CC3)C4)sc2c1. The van der Waals surface area contributed by atoms with Gasteiger partial charge in [0.2, 0.25) is 10.0 Å². The fourth-order valence-electron chi connectivity index (χ4n) is 6.80. The first-order valence-corrected chi connectivity index (χ1v) is 18.3. The first-order valence-electron chi connectivity index (χ1n) is 15.2. The zero-order valence-electron chi connectivity index (χ0n) is 23.8. The number of nitrogens with one attached hydrogen (secondary N) is 2. The van der Waals surface area contributed by atoms with Gasteiger partial charge in [-0.15, -0.1) is 0 Å². The Bertz CT molecular complexity index is 1850. The number of sulfonamides is 1. The second-order valence-electron chi connectivity index (χ2n) is 12.4. The molecule has 2 aliphatic carbocycles. The molecule has 2 aromatic heterocycles. The van der Waals surface area contributed by atoms with E-state index in [1.165, 1.54) is 0 Å². The topological polar surface area (TPSA) is 117 Å². The molecule has 2 bridgehead atoms. The van der Waals surface area contributed by atoms with E-state index in [4.69, 9.17) is 32.7 Å². The first kappa shape index (κ1) is 28.8. The number of thiazole rings is 1. The van der Waals surface area contributed by atoms with E-state index >= 15 is 0 Å². The first-order chi connectivity index (χ1) is 21.2. The average Bonchev–Trinajstić information content (AvgIpc) is 3.92. The molecule has 2 N–H and O–H groups in total. The number of piperidine rings is 1. The fourth-order valence-corrected chi connectivity index (χ4v) is 9.82. The molecule has 2 unspecified atom stereocenters. The predicted molar refractivity (Wildman–Crippen MR) is 172 cm³/mol. The van der Waals surface area contributed by atoms with Gasteiger partial charge in [0, 0.05) is 47.3 Å². The summed E-state index contributed by atoms with van der Waals surface area (Å²) in [6.45, 7) is 0.638. The van der Waals surface area contributed by atoms with Crippen molar-refractivity contribution in [3.63, 3.8) is 0 Å². The van der Waals surface area contributed by atoms with Crippen molar-refractivity contribution >= 4 is 65.8 Å². The number of aromatic nitrogens is 2. The number of fused-ring (bicyclic) bond motifs is 3. The third-order valence-electron chi connectivity index (χ3n) is 9.33. The van der Waals surface area contributed by atoms with Crippen LogP contribution in [0.25, 0.3) is 21.5 Å². The Morgan fingerprint density at radius 3 is 2.43 bits per heavy atom. The highest BCUT2D eigenvalue weighted by atomic mass is 35.5. The number of nitrogens with zero attached hydrogens (tertiary/aromatic N) is 3. The largest absolute Gasteiger partial charge is 0.360 e. The van der Waals surface area contributed by atoms with E-state index in [0.717, 1.165) is 76.5 Å². The Labute approximate surface area is 269 Å². The Morgan fingerprint density at radius 2 is 1.75 bits per heavy atom. The number of amides is 1. The molecule has 4 aliphatic rings. The van der Waals surface area contributed by atoms with Gasteiger partial charge in [-0.05, 0) is 81.7 Å². The van der Waals surface area contributed by atoms with Crippen LogP contribution in [0.4, 0.5) is 5.13 Å². The lowest BCUT2D eigenvalue weighted by Gasteiger charge is -2.39. The van der Waals surface area contributed by atoms with E-state index in [9.17, 15) is 13.2 Å². The van der Waals surface area contributed by atoms with Gasteiger partial charge >= 0.3 is 0 Å². The molecule has 0 spiro atoms. The van der Waals surface area contributed by atoms with Crippen LogP contribution in [-0.2, 0) is 16.6 Å². The van der Waals surface area contributed by atoms with Gasteiger partial charge < -0.3 is 14.7 Å². The maximum absolute atomic E-state index is 12.7. The third-order valence-corrected chi connectivity index (χ3v) is 12.8. The fraction of sp³-hybridized carbons (Fsp3) is 0.452. The van der Waals surface area contributed by atoms with Crippen LogP contribution in [0.5, 0.6) is 0 Å². The molecule has 4 fully saturated rings. The van der Waals surface area contributed by atoms with Crippen LogP contribution in [0, 0.1) is 0 Å². The van der Waals surface area contributed by atoms with Gasteiger partial charge in [0.1, 0.15) is 11.5 Å². The lowest BCUT2D eigenvalue weighted by atomic mass is 9.97. The Kier molecular flexibility index (Phi) is 7.17. The molecule has 0 radical (unpaired) electrons. The molecule has 44 heavy (non-hydrogen) atoms. The summed E-state index contributed by atoms with van der Waals surface area (Å²) in [5, 5.41) is 9.90. The van der Waals surface area contributed by atoms with Crippen LogP contribution in [0.3, 0.4) is 0 Å². The van der Waals surface area contributed by atoms with Gasteiger partial charge in [-0.2, -0.15) is 0 Å². The summed E-state index contributed by atoms with van der Waals surface area (Å²) in [6.07, 6.45) is 7.61. The molecule has 4 aromatic rings. The molecule has 9 nitrogen and oxygen atoms in total. The van der Waals surface area contributed by atoms with Crippen molar-refractivity contribution < 1.29 is 17.7 Å². The second-order valence-corrected chi connectivity index (χ2v) is 16.2. The monoisotopic (exact) mass is 671 g/mol. The van der Waals surface area contributed by atoms with Crippen molar-refractivity contribution in [3.8, 4) is 11.3 Å². The number of hydrogen-bond donors (Lipinski definition) is 2. The van der Waals surface area contributed by atoms with Crippen LogP contribution in [0.2, 0.25) is 10.0 Å². The highest BCUT2D eigenvalue weighted by Crippen LogP contribution is 2.47. The Balaban J connectivity index is 0.977. The molecule has 2 atom stereocenters. The van der Waals surface area contributed by atoms with Crippen molar-refractivity contribution in [1.82, 2.24) is 20.2 Å². The van der Waals surface area contributed by atoms with E-state index in [0.29, 0.717) is 59.0 Å². The third kappa shape index (κ3) is 5.30. The lowest BCUT2D eigenvalue weighted by molar-refractivity contribution is 0.0981. The molecule has 2 saturated carbocycles. The molecular weight excluding hydrogens is 641 g/mol. The molecule has 230 valence electrons. The van der Waals surface area contributed by atoms with Crippen molar-refractivity contribution in [2.75, 3.05) is 4.90 Å². The standard InChI is InChI=1S/C31H31Cl2N5O4S2/c32-23-2-1-3-24(33)27(23)28-22(29(42-36-28)16-4-5-16)15-34-18-13-19-7-8-20(14-18)38(19)31-35-25-11-6-17(12-26(25)43-31)30(39)37-44(40,41)21-9-10-21/h1-3,6,11-12,16,18-21,34H,4-5,7-10,13-15H2,(H,37,39). The van der Waals surface area contributed by atoms with Gasteiger partial charge in [0.05, 0.1) is 25.5 Å². The molecule has 1 amide bonds. The molecule has 13 heteroatoms. The molecule has 2 saturated heterocycles. The van der Waals surface area contributed by atoms with E-state index in [1.807, 2.05) is 24.3 Å². The molecule has 2 aliphatic heterocycles. The quantitative estimate of drug-likeness (QED) is 0.203. The number of carbonyl (C=O) groups excluding carboxylic acids is 1. The molecule has 2 aromatic carbocycles. The summed E-state index contributed by atoms with van der Waals surface area (Å²) < 4.78 is 33.5. The normalized spacial score (nSPS) is 23.4. The number of rotatable bonds is 9. The van der Waals surface area contributed by atoms with E-state index in [1.54, 1.807) is 23.5 Å². The van der Waals surface area contributed by atoms with Gasteiger partial charge in [0.25, 0.3) is 5.91 Å². The lowest BCUT2D eigenvalue weighted by Crippen LogP contribution is -2.49. The van der Waals surface area contributed by atoms with E-state index in [-0.39, 0.29) is 0 Å². The highest BCUT2D eigenvalue weighted by Gasteiger charge is 2.43. The number of benzene rings is 2.